The lowest BCUT2D eigenvalue weighted by Crippen LogP contribution is -2.17. The summed E-state index contributed by atoms with van der Waals surface area (Å²) in [5, 5.41) is -0.690. The predicted molar refractivity (Wildman–Crippen MR) is 75.2 cm³/mol. The normalized spacial score (nSPS) is 10.6. The maximum Gasteiger partial charge on any atom is 0.283 e. The minimum absolute atomic E-state index is 0.0175. The van der Waals surface area contributed by atoms with Gasteiger partial charge in [0.05, 0.1) is 6.54 Å². The van der Waals surface area contributed by atoms with E-state index in [-0.39, 0.29) is 12.4 Å². The summed E-state index contributed by atoms with van der Waals surface area (Å²) < 4.78 is 39.7. The van der Waals surface area contributed by atoms with E-state index in [1.807, 2.05) is 0 Å². The van der Waals surface area contributed by atoms with Crippen LogP contribution in [0.25, 0.3) is 0 Å². The molecule has 0 aliphatic heterocycles. The van der Waals surface area contributed by atoms with E-state index >= 15 is 0 Å². The first-order chi connectivity index (χ1) is 10.0. The fourth-order valence-corrected chi connectivity index (χ4v) is 2.47. The van der Waals surface area contributed by atoms with Crippen molar-refractivity contribution in [3.05, 3.63) is 48.0 Å². The monoisotopic (exact) mass is 306 g/mol. The summed E-state index contributed by atoms with van der Waals surface area (Å²) in [7, 11) is -4.15. The molecule has 108 valence electrons. The molecule has 0 atom stereocenters. The molecular weight excluding hydrogens is 295 g/mol. The Morgan fingerprint density at radius 1 is 1.29 bits per heavy atom. The predicted octanol–water partition coefficient (Wildman–Crippen LogP) is 0.727. The van der Waals surface area contributed by atoms with Gasteiger partial charge in [-0.15, -0.1) is 0 Å². The van der Waals surface area contributed by atoms with Crippen LogP contribution in [0.15, 0.2) is 41.6 Å². The summed E-state index contributed by atoms with van der Waals surface area (Å²) in [5.74, 6) is 4.35. The minimum Gasteiger partial charge on any atom is -0.320 e. The number of nitrogens with one attached hydrogen (secondary N) is 1. The van der Waals surface area contributed by atoms with E-state index < -0.39 is 20.9 Å². The molecule has 3 N–H and O–H groups in total. The minimum atomic E-state index is -4.15. The number of halogens is 1. The number of hydrogen-bond acceptors (Lipinski definition) is 5. The fraction of sp³-hybridized carbons (Fsp3) is 0.0769. The molecule has 21 heavy (non-hydrogen) atoms. The van der Waals surface area contributed by atoms with Gasteiger partial charge in [0.15, 0.2) is 5.82 Å². The molecule has 0 saturated heterocycles. The van der Waals surface area contributed by atoms with Crippen LogP contribution >= 0.6 is 0 Å². The van der Waals surface area contributed by atoms with Crippen LogP contribution in [0, 0.1) is 17.7 Å². The van der Waals surface area contributed by atoms with Crippen molar-refractivity contribution in [1.82, 2.24) is 9.97 Å². The van der Waals surface area contributed by atoms with Crippen molar-refractivity contribution in [1.29, 1.82) is 0 Å². The van der Waals surface area contributed by atoms with Crippen molar-refractivity contribution in [3.63, 3.8) is 0 Å². The Morgan fingerprint density at radius 3 is 2.81 bits per heavy atom. The number of nitrogens with two attached hydrogens (primary N) is 1. The Kier molecular flexibility index (Phi) is 4.47. The van der Waals surface area contributed by atoms with Gasteiger partial charge in [-0.2, -0.15) is 8.42 Å². The molecule has 6 nitrogen and oxygen atoms in total. The van der Waals surface area contributed by atoms with E-state index in [2.05, 4.69) is 26.5 Å². The summed E-state index contributed by atoms with van der Waals surface area (Å²) in [6.45, 7) is 0.163. The van der Waals surface area contributed by atoms with Crippen LogP contribution in [-0.4, -0.2) is 24.9 Å². The number of aromatic nitrogens is 2. The van der Waals surface area contributed by atoms with Crippen molar-refractivity contribution in [3.8, 4) is 11.8 Å². The van der Waals surface area contributed by atoms with Crippen molar-refractivity contribution in [2.75, 3.05) is 11.3 Å². The molecule has 2 heterocycles. The van der Waals surface area contributed by atoms with Gasteiger partial charge in [0.2, 0.25) is 5.03 Å². The van der Waals surface area contributed by atoms with Gasteiger partial charge in [0.1, 0.15) is 11.5 Å². The Hall–Kier alpha value is -2.50. The maximum atomic E-state index is 13.5. The van der Waals surface area contributed by atoms with Crippen LogP contribution in [-0.2, 0) is 10.0 Å². The largest absolute Gasteiger partial charge is 0.320 e. The molecule has 0 saturated carbocycles. The third kappa shape index (κ3) is 3.75. The second kappa shape index (κ2) is 6.30. The number of nitrogens with zero attached hydrogens (tertiary/aromatic N) is 2. The highest BCUT2D eigenvalue weighted by Crippen LogP contribution is 2.15. The standard InChI is InChI=1S/C13H11FN4O2S/c14-11-6-3-9-16-13(11)21(19,20)18-12-7-1-4-10(17-12)5-2-8-15/h1,3-4,6-7,9H,8,15H2,(H,17,18). The summed E-state index contributed by atoms with van der Waals surface area (Å²) in [6.07, 6.45) is 1.19. The molecule has 0 aromatic carbocycles. The number of pyridine rings is 2. The SMILES string of the molecule is NCC#Cc1cccc(NS(=O)(=O)c2ncccc2F)n1. The first-order valence-electron chi connectivity index (χ1n) is 5.82. The van der Waals surface area contributed by atoms with E-state index in [0.29, 0.717) is 5.69 Å². The molecule has 0 bridgehead atoms. The molecule has 0 radical (unpaired) electrons. The second-order valence-corrected chi connectivity index (χ2v) is 5.41. The molecule has 0 unspecified atom stereocenters. The first-order valence-corrected chi connectivity index (χ1v) is 7.30. The zero-order valence-corrected chi connectivity index (χ0v) is 11.6. The molecule has 8 heteroatoms. The Bertz CT molecular complexity index is 812. The second-order valence-electron chi connectivity index (χ2n) is 3.81. The Morgan fingerprint density at radius 2 is 2.10 bits per heavy atom. The molecule has 0 aliphatic rings. The van der Waals surface area contributed by atoms with Gasteiger partial charge in [-0.25, -0.2) is 14.4 Å². The van der Waals surface area contributed by atoms with Gasteiger partial charge in [-0.05, 0) is 30.2 Å². The first kappa shape index (κ1) is 14.9. The molecule has 0 spiro atoms. The van der Waals surface area contributed by atoms with E-state index in [9.17, 15) is 12.8 Å². The van der Waals surface area contributed by atoms with Gasteiger partial charge in [-0.1, -0.05) is 12.0 Å². The van der Waals surface area contributed by atoms with Crippen LogP contribution in [0.5, 0.6) is 0 Å². The highest BCUT2D eigenvalue weighted by atomic mass is 32.2. The lowest BCUT2D eigenvalue weighted by Gasteiger charge is -2.07. The van der Waals surface area contributed by atoms with Crippen molar-refractivity contribution in [2.45, 2.75) is 5.03 Å². The van der Waals surface area contributed by atoms with Gasteiger partial charge in [0, 0.05) is 6.20 Å². The Labute approximate surface area is 121 Å². The molecule has 2 rings (SSSR count). The summed E-state index contributed by atoms with van der Waals surface area (Å²) in [6, 6.07) is 6.90. The molecule has 2 aromatic heterocycles. The lowest BCUT2D eigenvalue weighted by molar-refractivity contribution is 0.556. The third-order valence-electron chi connectivity index (χ3n) is 2.29. The number of sulfonamides is 1. The van der Waals surface area contributed by atoms with E-state index in [4.69, 9.17) is 5.73 Å². The van der Waals surface area contributed by atoms with Crippen LogP contribution in [0.1, 0.15) is 5.69 Å². The zero-order valence-electron chi connectivity index (χ0n) is 10.7. The van der Waals surface area contributed by atoms with Crippen LogP contribution in [0.2, 0.25) is 0 Å². The highest BCUT2D eigenvalue weighted by molar-refractivity contribution is 7.92. The van der Waals surface area contributed by atoms with Gasteiger partial charge in [0.25, 0.3) is 10.0 Å². The average molecular weight is 306 g/mol. The van der Waals surface area contributed by atoms with Crippen molar-refractivity contribution < 1.29 is 12.8 Å². The van der Waals surface area contributed by atoms with Crippen LogP contribution in [0.4, 0.5) is 10.2 Å². The number of rotatable bonds is 3. The number of anilines is 1. The Balaban J connectivity index is 2.31. The highest BCUT2D eigenvalue weighted by Gasteiger charge is 2.20. The van der Waals surface area contributed by atoms with E-state index in [0.717, 1.165) is 6.07 Å². The summed E-state index contributed by atoms with van der Waals surface area (Å²) in [5.41, 5.74) is 5.60. The topological polar surface area (TPSA) is 98.0 Å². The van der Waals surface area contributed by atoms with Crippen molar-refractivity contribution >= 4 is 15.8 Å². The van der Waals surface area contributed by atoms with E-state index in [1.165, 1.54) is 18.3 Å². The maximum absolute atomic E-state index is 13.5. The van der Waals surface area contributed by atoms with Crippen LogP contribution < -0.4 is 10.5 Å². The molecule has 0 fully saturated rings. The smallest absolute Gasteiger partial charge is 0.283 e. The molecular formula is C13H11FN4O2S. The zero-order chi connectivity index (χ0) is 15.3. The molecule has 0 amide bonds. The summed E-state index contributed by atoms with van der Waals surface area (Å²) >= 11 is 0. The van der Waals surface area contributed by atoms with Crippen molar-refractivity contribution in [2.24, 2.45) is 5.73 Å². The lowest BCUT2D eigenvalue weighted by atomic mass is 10.3. The van der Waals surface area contributed by atoms with Gasteiger partial charge < -0.3 is 5.73 Å². The van der Waals surface area contributed by atoms with Gasteiger partial charge >= 0.3 is 0 Å². The fourth-order valence-electron chi connectivity index (χ4n) is 1.46. The average Bonchev–Trinajstić information content (AvgIpc) is 2.45. The van der Waals surface area contributed by atoms with E-state index in [1.54, 1.807) is 12.1 Å². The third-order valence-corrected chi connectivity index (χ3v) is 3.57. The number of hydrogen-bond donors (Lipinski definition) is 2. The van der Waals surface area contributed by atoms with Crippen LogP contribution in [0.3, 0.4) is 0 Å². The quantitative estimate of drug-likeness (QED) is 0.815. The molecule has 2 aromatic rings. The van der Waals surface area contributed by atoms with Gasteiger partial charge in [-0.3, -0.25) is 4.72 Å². The molecule has 0 aliphatic carbocycles. The summed E-state index contributed by atoms with van der Waals surface area (Å²) in [4.78, 5) is 7.50.